The minimum Gasteiger partial charge on any atom is -0.383 e. The minimum absolute atomic E-state index is 0.407. The van der Waals surface area contributed by atoms with Crippen LogP contribution in [0.2, 0.25) is 0 Å². The van der Waals surface area contributed by atoms with Gasteiger partial charge in [-0.2, -0.15) is 0 Å². The maximum atomic E-state index is 8.86. The quantitative estimate of drug-likeness (QED) is 0.359. The molecular formula is C10H22OS. The molecular weight excluding hydrogens is 168 g/mol. The molecule has 2 heteroatoms. The zero-order valence-electron chi connectivity index (χ0n) is 8.29. The van der Waals surface area contributed by atoms with E-state index in [-0.39, 0.29) is 0 Å². The lowest BCUT2D eigenvalue weighted by molar-refractivity contribution is 0.249. The predicted octanol–water partition coefficient (Wildman–Crippen LogP) is 3.23. The fraction of sp³-hybridized carbons (Fsp3) is 1.00. The van der Waals surface area contributed by atoms with E-state index >= 15 is 0 Å². The van der Waals surface area contributed by atoms with Crippen LogP contribution in [0.15, 0.2) is 0 Å². The Morgan fingerprint density at radius 1 is 1.00 bits per heavy atom. The Kier molecular flexibility index (Phi) is 8.14. The van der Waals surface area contributed by atoms with Gasteiger partial charge in [-0.05, 0) is 12.3 Å². The first-order chi connectivity index (χ1) is 5.63. The molecule has 1 N–H and O–H groups in total. The van der Waals surface area contributed by atoms with Crippen molar-refractivity contribution in [1.29, 1.82) is 0 Å². The molecule has 0 aliphatic rings. The van der Waals surface area contributed by atoms with Gasteiger partial charge < -0.3 is 5.11 Å². The van der Waals surface area contributed by atoms with E-state index < -0.39 is 5.44 Å². The Balaban J connectivity index is 2.91. The van der Waals surface area contributed by atoms with E-state index in [1.54, 1.807) is 0 Å². The molecule has 0 saturated heterocycles. The highest BCUT2D eigenvalue weighted by Crippen LogP contribution is 2.11. The fourth-order valence-corrected chi connectivity index (χ4v) is 1.42. The summed E-state index contributed by atoms with van der Waals surface area (Å²) in [6, 6.07) is 0. The molecule has 0 aromatic carbocycles. The van der Waals surface area contributed by atoms with Crippen molar-refractivity contribution in [3.05, 3.63) is 0 Å². The molecule has 0 bridgehead atoms. The normalized spacial score (nSPS) is 13.8. The van der Waals surface area contributed by atoms with E-state index in [4.69, 9.17) is 5.11 Å². The van der Waals surface area contributed by atoms with Gasteiger partial charge in [0.2, 0.25) is 0 Å². The molecule has 12 heavy (non-hydrogen) atoms. The molecule has 0 saturated carbocycles. The topological polar surface area (TPSA) is 20.2 Å². The van der Waals surface area contributed by atoms with Crippen LogP contribution in [0.3, 0.4) is 0 Å². The lowest BCUT2D eigenvalue weighted by Gasteiger charge is -2.05. The van der Waals surface area contributed by atoms with Gasteiger partial charge in [-0.1, -0.05) is 46.0 Å². The molecule has 0 fully saturated rings. The number of hydrogen-bond acceptors (Lipinski definition) is 2. The van der Waals surface area contributed by atoms with Gasteiger partial charge in [0.25, 0.3) is 0 Å². The van der Waals surface area contributed by atoms with Crippen LogP contribution in [0.4, 0.5) is 0 Å². The van der Waals surface area contributed by atoms with E-state index in [0.29, 0.717) is 0 Å². The second-order valence-electron chi connectivity index (χ2n) is 3.87. The van der Waals surface area contributed by atoms with Crippen LogP contribution in [-0.2, 0) is 0 Å². The van der Waals surface area contributed by atoms with Crippen molar-refractivity contribution < 1.29 is 5.11 Å². The molecule has 0 aromatic heterocycles. The van der Waals surface area contributed by atoms with Crippen molar-refractivity contribution in [2.45, 2.75) is 57.8 Å². The van der Waals surface area contributed by atoms with Crippen LogP contribution in [0.1, 0.15) is 52.4 Å². The van der Waals surface area contributed by atoms with Crippen LogP contribution >= 0.6 is 12.6 Å². The summed E-state index contributed by atoms with van der Waals surface area (Å²) in [6.45, 7) is 4.52. The number of rotatable bonds is 7. The lowest BCUT2D eigenvalue weighted by atomic mass is 10.0. The lowest BCUT2D eigenvalue weighted by Crippen LogP contribution is -1.95. The highest BCUT2D eigenvalue weighted by atomic mass is 32.1. The summed E-state index contributed by atoms with van der Waals surface area (Å²) in [5, 5.41) is 8.86. The molecule has 0 spiro atoms. The van der Waals surface area contributed by atoms with Crippen LogP contribution < -0.4 is 0 Å². The number of unbranched alkanes of at least 4 members (excludes halogenated alkanes) is 3. The van der Waals surface area contributed by atoms with Gasteiger partial charge in [-0.25, -0.2) is 0 Å². The monoisotopic (exact) mass is 190 g/mol. The van der Waals surface area contributed by atoms with E-state index in [1.165, 1.54) is 25.7 Å². The molecule has 1 unspecified atom stereocenters. The third kappa shape index (κ3) is 10.3. The Bertz CT molecular complexity index is 79.8. The molecule has 0 aliphatic heterocycles. The highest BCUT2D eigenvalue weighted by Gasteiger charge is 1.97. The van der Waals surface area contributed by atoms with Gasteiger partial charge in [0.05, 0.1) is 5.44 Å². The van der Waals surface area contributed by atoms with Crippen molar-refractivity contribution in [2.24, 2.45) is 5.92 Å². The molecule has 0 rings (SSSR count). The average Bonchev–Trinajstić information content (AvgIpc) is 1.95. The average molecular weight is 190 g/mol. The van der Waals surface area contributed by atoms with Gasteiger partial charge in [-0.3, -0.25) is 0 Å². The van der Waals surface area contributed by atoms with Gasteiger partial charge in [-0.15, -0.1) is 12.6 Å². The van der Waals surface area contributed by atoms with E-state index in [2.05, 4.69) is 26.5 Å². The summed E-state index contributed by atoms with van der Waals surface area (Å²) < 4.78 is 0. The van der Waals surface area contributed by atoms with Gasteiger partial charge in [0.15, 0.2) is 0 Å². The van der Waals surface area contributed by atoms with Crippen molar-refractivity contribution in [2.75, 3.05) is 0 Å². The highest BCUT2D eigenvalue weighted by molar-refractivity contribution is 7.80. The van der Waals surface area contributed by atoms with Gasteiger partial charge >= 0.3 is 0 Å². The molecule has 0 aliphatic carbocycles. The molecule has 0 radical (unpaired) electrons. The van der Waals surface area contributed by atoms with Crippen LogP contribution in [0, 0.1) is 5.92 Å². The number of aliphatic hydroxyl groups excluding tert-OH is 1. The molecule has 0 heterocycles. The molecule has 1 nitrogen and oxygen atoms in total. The molecule has 0 aromatic rings. The molecule has 0 amide bonds. The zero-order valence-corrected chi connectivity index (χ0v) is 9.19. The predicted molar refractivity (Wildman–Crippen MR) is 57.5 cm³/mol. The number of hydrogen-bond donors (Lipinski definition) is 2. The second kappa shape index (κ2) is 7.93. The summed E-state index contributed by atoms with van der Waals surface area (Å²) in [4.78, 5) is 0. The second-order valence-corrected chi connectivity index (χ2v) is 4.46. The van der Waals surface area contributed by atoms with E-state index in [0.717, 1.165) is 18.8 Å². The van der Waals surface area contributed by atoms with E-state index in [9.17, 15) is 0 Å². The third-order valence-electron chi connectivity index (χ3n) is 1.99. The summed E-state index contributed by atoms with van der Waals surface area (Å²) >= 11 is 3.91. The first-order valence-electron chi connectivity index (χ1n) is 4.99. The Hall–Kier alpha value is 0.310. The Morgan fingerprint density at radius 3 is 1.92 bits per heavy atom. The zero-order chi connectivity index (χ0) is 9.40. The summed E-state index contributed by atoms with van der Waals surface area (Å²) in [7, 11) is 0. The summed E-state index contributed by atoms with van der Waals surface area (Å²) in [5.41, 5.74) is -0.407. The molecule has 1 atom stereocenters. The third-order valence-corrected chi connectivity index (χ3v) is 2.25. The van der Waals surface area contributed by atoms with Crippen LogP contribution in [0.25, 0.3) is 0 Å². The maximum absolute atomic E-state index is 8.86. The summed E-state index contributed by atoms with van der Waals surface area (Å²) in [6.07, 6.45) is 7.17. The standard InChI is InChI=1S/C10H22OS/c1-9(2)7-5-3-4-6-8-10(11)12/h9-12H,3-8H2,1-2H3. The largest absolute Gasteiger partial charge is 0.383 e. The van der Waals surface area contributed by atoms with E-state index in [1.807, 2.05) is 0 Å². The number of thiol groups is 1. The Morgan fingerprint density at radius 2 is 1.50 bits per heavy atom. The summed E-state index contributed by atoms with van der Waals surface area (Å²) in [5.74, 6) is 0.834. The van der Waals surface area contributed by atoms with Crippen LogP contribution in [-0.4, -0.2) is 10.5 Å². The first-order valence-corrected chi connectivity index (χ1v) is 5.50. The Labute approximate surface area is 82.0 Å². The number of aliphatic hydroxyl groups is 1. The van der Waals surface area contributed by atoms with Gasteiger partial charge in [0, 0.05) is 0 Å². The van der Waals surface area contributed by atoms with Crippen molar-refractivity contribution >= 4 is 12.6 Å². The smallest absolute Gasteiger partial charge is 0.0964 e. The van der Waals surface area contributed by atoms with Gasteiger partial charge in [0.1, 0.15) is 0 Å². The molecule has 74 valence electrons. The fourth-order valence-electron chi connectivity index (χ4n) is 1.23. The SMILES string of the molecule is CC(C)CCCCCCC(O)S. The first kappa shape index (κ1) is 12.3. The maximum Gasteiger partial charge on any atom is 0.0964 e. The van der Waals surface area contributed by atoms with Crippen molar-refractivity contribution in [3.8, 4) is 0 Å². The van der Waals surface area contributed by atoms with Crippen molar-refractivity contribution in [1.82, 2.24) is 0 Å². The van der Waals surface area contributed by atoms with Crippen molar-refractivity contribution in [3.63, 3.8) is 0 Å². The van der Waals surface area contributed by atoms with Crippen LogP contribution in [0.5, 0.6) is 0 Å². The minimum atomic E-state index is -0.407.